The van der Waals surface area contributed by atoms with E-state index in [2.05, 4.69) is 60.7 Å². The van der Waals surface area contributed by atoms with Crippen molar-refractivity contribution in [2.45, 2.75) is 25.9 Å². The Kier molecular flexibility index (Phi) is 8.27. The van der Waals surface area contributed by atoms with Gasteiger partial charge in [0, 0.05) is 24.8 Å². The highest BCUT2D eigenvalue weighted by Crippen LogP contribution is 2.30. The molecule has 188 valence electrons. The van der Waals surface area contributed by atoms with Gasteiger partial charge in [-0.1, -0.05) is 42.4 Å². The molecule has 0 unspecified atom stereocenters. The molecule has 10 heteroatoms. The van der Waals surface area contributed by atoms with E-state index in [0.717, 1.165) is 32.5 Å². The average Bonchev–Trinajstić information content (AvgIpc) is 3.41. The predicted molar refractivity (Wildman–Crippen MR) is 128 cm³/mol. The molecular weight excluding hydrogens is 471 g/mol. The summed E-state index contributed by atoms with van der Waals surface area (Å²) in [7, 11) is 0. The van der Waals surface area contributed by atoms with Crippen LogP contribution in [0.25, 0.3) is 22.8 Å². The van der Waals surface area contributed by atoms with Crippen molar-refractivity contribution in [2.75, 3.05) is 26.2 Å². The minimum absolute atomic E-state index is 0.171. The molecule has 0 atom stereocenters. The van der Waals surface area contributed by atoms with Gasteiger partial charge in [-0.2, -0.15) is 18.2 Å². The van der Waals surface area contributed by atoms with Crippen LogP contribution < -0.4 is 4.74 Å². The molecule has 0 fully saturated rings. The Morgan fingerprint density at radius 1 is 0.972 bits per heavy atom. The maximum atomic E-state index is 12.7. The number of ether oxygens (including phenoxy) is 1. The summed E-state index contributed by atoms with van der Waals surface area (Å²) in [5.74, 6) is -0.931. The molecule has 0 aliphatic carbocycles. The number of halogens is 3. The van der Waals surface area contributed by atoms with Gasteiger partial charge < -0.3 is 14.2 Å². The predicted octanol–water partition coefficient (Wildman–Crippen LogP) is 5.55. The van der Waals surface area contributed by atoms with E-state index in [1.165, 1.54) is 17.8 Å². The fourth-order valence-corrected chi connectivity index (χ4v) is 3.62. The maximum absolute atomic E-state index is 12.7. The molecule has 0 aliphatic heterocycles. The largest absolute Gasteiger partial charge is 0.492 e. The minimum atomic E-state index is -4.70. The third-order valence-electron chi connectivity index (χ3n) is 5.58. The summed E-state index contributed by atoms with van der Waals surface area (Å²) in [6.45, 7) is 5.65. The van der Waals surface area contributed by atoms with Crippen LogP contribution in [0.5, 0.6) is 5.75 Å². The number of hydrogen-bond acceptors (Lipinski definition) is 7. The molecule has 4 rings (SSSR count). The smallest absolute Gasteiger partial charge is 0.471 e. The number of hydrogen-bond donors (Lipinski definition) is 0. The molecule has 0 N–H and O–H groups in total. The number of likely N-dealkylation sites (N-methyl/N-ethyl adjacent to an activating group) is 1. The van der Waals surface area contributed by atoms with E-state index in [9.17, 15) is 13.2 Å². The van der Waals surface area contributed by atoms with E-state index in [0.29, 0.717) is 29.3 Å². The van der Waals surface area contributed by atoms with Gasteiger partial charge in [0.2, 0.25) is 5.82 Å². The first-order chi connectivity index (χ1) is 17.4. The number of pyridine rings is 2. The van der Waals surface area contributed by atoms with Crippen molar-refractivity contribution in [3.63, 3.8) is 0 Å². The lowest BCUT2D eigenvalue weighted by atomic mass is 10.1. The van der Waals surface area contributed by atoms with E-state index in [1.54, 1.807) is 24.4 Å². The fourth-order valence-electron chi connectivity index (χ4n) is 3.62. The van der Waals surface area contributed by atoms with Crippen molar-refractivity contribution in [3.05, 3.63) is 78.4 Å². The van der Waals surface area contributed by atoms with E-state index < -0.39 is 12.1 Å². The van der Waals surface area contributed by atoms with Crippen LogP contribution in [0.4, 0.5) is 13.2 Å². The van der Waals surface area contributed by atoms with E-state index in [-0.39, 0.29) is 5.82 Å². The SMILES string of the molecule is CCN(CCCOc1ccc(-c2cc(-c3noc(C(F)(F)F)n3)ccn2)nc1)CCc1ccccc1. The maximum Gasteiger partial charge on any atom is 0.471 e. The monoisotopic (exact) mass is 497 g/mol. The van der Waals surface area contributed by atoms with Gasteiger partial charge in [0.15, 0.2) is 0 Å². The van der Waals surface area contributed by atoms with Crippen LogP contribution in [0.15, 0.2) is 71.5 Å². The second-order valence-electron chi connectivity index (χ2n) is 8.10. The molecule has 7 nitrogen and oxygen atoms in total. The van der Waals surface area contributed by atoms with Crippen LogP contribution in [0.3, 0.4) is 0 Å². The number of aromatic nitrogens is 4. The summed E-state index contributed by atoms with van der Waals surface area (Å²) in [6.07, 6.45) is 0.269. The van der Waals surface area contributed by atoms with E-state index in [1.807, 2.05) is 6.07 Å². The van der Waals surface area contributed by atoms with E-state index >= 15 is 0 Å². The Hall–Kier alpha value is -3.79. The summed E-state index contributed by atoms with van der Waals surface area (Å²) >= 11 is 0. The first-order valence-corrected chi connectivity index (χ1v) is 11.6. The number of nitrogens with zero attached hydrogens (tertiary/aromatic N) is 5. The Morgan fingerprint density at radius 2 is 1.81 bits per heavy atom. The van der Waals surface area contributed by atoms with Crippen molar-refractivity contribution in [3.8, 4) is 28.5 Å². The quantitative estimate of drug-likeness (QED) is 0.252. The molecule has 0 saturated heterocycles. The zero-order chi connectivity index (χ0) is 25.4. The molecular formula is C26H26F3N5O2. The third-order valence-corrected chi connectivity index (χ3v) is 5.58. The number of alkyl halides is 3. The normalized spacial score (nSPS) is 11.7. The zero-order valence-corrected chi connectivity index (χ0v) is 19.8. The fraction of sp³-hybridized carbons (Fsp3) is 0.308. The van der Waals surface area contributed by atoms with Crippen LogP contribution in [0.1, 0.15) is 24.8 Å². The van der Waals surface area contributed by atoms with Crippen LogP contribution in [-0.2, 0) is 12.6 Å². The average molecular weight is 498 g/mol. The van der Waals surface area contributed by atoms with Crippen LogP contribution in [0.2, 0.25) is 0 Å². The van der Waals surface area contributed by atoms with Gasteiger partial charge in [0.1, 0.15) is 5.75 Å². The summed E-state index contributed by atoms with van der Waals surface area (Å²) in [4.78, 5) is 14.4. The van der Waals surface area contributed by atoms with Gasteiger partial charge in [0.25, 0.3) is 0 Å². The summed E-state index contributed by atoms with van der Waals surface area (Å²) in [6, 6.07) is 17.0. The third kappa shape index (κ3) is 6.88. The Balaban J connectivity index is 1.28. The highest BCUT2D eigenvalue weighted by molar-refractivity contribution is 5.64. The molecule has 3 heterocycles. The lowest BCUT2D eigenvalue weighted by Gasteiger charge is -2.20. The number of benzene rings is 1. The van der Waals surface area contributed by atoms with Gasteiger partial charge >= 0.3 is 12.1 Å². The molecule has 0 radical (unpaired) electrons. The topological polar surface area (TPSA) is 77.2 Å². The standard InChI is InChI=1S/C26H26F3N5O2/c1-2-34(15-12-19-7-4-3-5-8-19)14-6-16-35-21-9-10-22(31-18-21)23-17-20(11-13-30-23)24-32-25(36-33-24)26(27,28)29/h3-5,7-11,13,17-18H,2,6,12,14-16H2,1H3. The summed E-state index contributed by atoms with van der Waals surface area (Å²) < 4.78 is 48.3. The Bertz CT molecular complexity index is 1230. The van der Waals surface area contributed by atoms with Crippen LogP contribution >= 0.6 is 0 Å². The Morgan fingerprint density at radius 3 is 2.50 bits per heavy atom. The molecule has 0 aliphatic rings. The van der Waals surface area contributed by atoms with Crippen LogP contribution in [0, 0.1) is 0 Å². The van der Waals surface area contributed by atoms with Gasteiger partial charge in [0.05, 0.1) is 24.2 Å². The minimum Gasteiger partial charge on any atom is -0.492 e. The van der Waals surface area contributed by atoms with Crippen molar-refractivity contribution < 1.29 is 22.4 Å². The molecule has 0 amide bonds. The molecule has 3 aromatic heterocycles. The molecule has 4 aromatic rings. The van der Waals surface area contributed by atoms with Crippen LogP contribution in [-0.4, -0.2) is 51.2 Å². The first kappa shape index (κ1) is 25.3. The summed E-state index contributed by atoms with van der Waals surface area (Å²) in [5.41, 5.74) is 2.69. The number of rotatable bonds is 11. The first-order valence-electron chi connectivity index (χ1n) is 11.6. The molecule has 0 bridgehead atoms. The second kappa shape index (κ2) is 11.8. The zero-order valence-electron chi connectivity index (χ0n) is 19.8. The lowest BCUT2D eigenvalue weighted by molar-refractivity contribution is -0.159. The van der Waals surface area contributed by atoms with Crippen molar-refractivity contribution in [1.82, 2.24) is 25.0 Å². The summed E-state index contributed by atoms with van der Waals surface area (Å²) in [5, 5.41) is 3.41. The van der Waals surface area contributed by atoms with Crippen molar-refractivity contribution in [1.29, 1.82) is 0 Å². The molecule has 1 aromatic carbocycles. The van der Waals surface area contributed by atoms with Gasteiger partial charge in [-0.05, 0) is 49.2 Å². The van der Waals surface area contributed by atoms with Gasteiger partial charge in [-0.25, -0.2) is 0 Å². The highest BCUT2D eigenvalue weighted by atomic mass is 19.4. The van der Waals surface area contributed by atoms with Gasteiger partial charge in [-0.15, -0.1) is 0 Å². The molecule has 0 spiro atoms. The molecule has 0 saturated carbocycles. The Labute approximate surface area is 207 Å². The second-order valence-corrected chi connectivity index (χ2v) is 8.10. The van der Waals surface area contributed by atoms with Crippen molar-refractivity contribution >= 4 is 0 Å². The molecule has 36 heavy (non-hydrogen) atoms. The lowest BCUT2D eigenvalue weighted by Crippen LogP contribution is -2.28. The highest BCUT2D eigenvalue weighted by Gasteiger charge is 2.38. The van der Waals surface area contributed by atoms with E-state index in [4.69, 9.17) is 4.74 Å². The van der Waals surface area contributed by atoms with Crippen molar-refractivity contribution in [2.24, 2.45) is 0 Å². The van der Waals surface area contributed by atoms with Gasteiger partial charge in [-0.3, -0.25) is 9.97 Å².